The number of fused-ring (bicyclic) bond motifs is 4. The van der Waals surface area contributed by atoms with Gasteiger partial charge in [0.2, 0.25) is 0 Å². The molecule has 5 heteroatoms. The molecule has 3 aliphatic rings. The molecule has 2 atom stereocenters. The highest BCUT2D eigenvalue weighted by Crippen LogP contribution is 2.42. The summed E-state index contributed by atoms with van der Waals surface area (Å²) in [6.07, 6.45) is 9.69. The lowest BCUT2D eigenvalue weighted by Gasteiger charge is -2.36. The molecule has 112 valence electrons. The van der Waals surface area contributed by atoms with Crippen LogP contribution in [0.3, 0.4) is 0 Å². The molecular weight excluding hydrogens is 264 g/mol. The van der Waals surface area contributed by atoms with Crippen molar-refractivity contribution < 1.29 is 4.79 Å². The van der Waals surface area contributed by atoms with Crippen molar-refractivity contribution in [2.24, 2.45) is 0 Å². The lowest BCUT2D eigenvalue weighted by Crippen LogP contribution is -2.49. The van der Waals surface area contributed by atoms with Crippen LogP contribution < -0.4 is 5.32 Å². The first-order valence-corrected chi connectivity index (χ1v) is 8.13. The van der Waals surface area contributed by atoms with Gasteiger partial charge in [-0.3, -0.25) is 0 Å². The molecule has 5 nitrogen and oxygen atoms in total. The van der Waals surface area contributed by atoms with E-state index in [0.29, 0.717) is 12.1 Å². The summed E-state index contributed by atoms with van der Waals surface area (Å²) < 4.78 is 0. The van der Waals surface area contributed by atoms with E-state index in [4.69, 9.17) is 0 Å². The first-order chi connectivity index (χ1) is 10.2. The predicted octanol–water partition coefficient (Wildman–Crippen LogP) is 2.50. The van der Waals surface area contributed by atoms with Crippen molar-refractivity contribution in [3.05, 3.63) is 23.3 Å². The van der Waals surface area contributed by atoms with Crippen LogP contribution in [0.4, 0.5) is 4.79 Å². The normalized spacial score (nSPS) is 27.8. The smallest absolute Gasteiger partial charge is 0.318 e. The molecule has 2 amide bonds. The summed E-state index contributed by atoms with van der Waals surface area (Å²) in [5, 5.41) is 3.24. The second-order valence-corrected chi connectivity index (χ2v) is 6.61. The lowest BCUT2D eigenvalue weighted by molar-refractivity contribution is 0.161. The van der Waals surface area contributed by atoms with E-state index in [0.717, 1.165) is 49.2 Å². The third kappa shape index (κ3) is 2.19. The second kappa shape index (κ2) is 4.97. The van der Waals surface area contributed by atoms with E-state index in [1.807, 2.05) is 13.1 Å². The number of aromatic nitrogens is 2. The molecule has 2 unspecified atom stereocenters. The van der Waals surface area contributed by atoms with Crippen molar-refractivity contribution in [3.63, 3.8) is 0 Å². The van der Waals surface area contributed by atoms with Crippen LogP contribution in [0.15, 0.2) is 6.20 Å². The maximum absolute atomic E-state index is 12.7. The van der Waals surface area contributed by atoms with Gasteiger partial charge in [0.15, 0.2) is 0 Å². The number of rotatable bonds is 1. The van der Waals surface area contributed by atoms with Crippen molar-refractivity contribution in [2.75, 3.05) is 0 Å². The number of nitrogens with one attached hydrogen (secondary N) is 1. The minimum absolute atomic E-state index is 0.126. The van der Waals surface area contributed by atoms with Gasteiger partial charge >= 0.3 is 6.03 Å². The summed E-state index contributed by atoms with van der Waals surface area (Å²) in [4.78, 5) is 23.7. The van der Waals surface area contributed by atoms with Crippen LogP contribution >= 0.6 is 0 Å². The number of carbonyl (C=O) groups is 1. The zero-order valence-corrected chi connectivity index (χ0v) is 12.5. The van der Waals surface area contributed by atoms with Crippen LogP contribution in [0.25, 0.3) is 0 Å². The maximum Gasteiger partial charge on any atom is 0.318 e. The molecule has 1 aromatic heterocycles. The van der Waals surface area contributed by atoms with Gasteiger partial charge in [-0.1, -0.05) is 12.8 Å². The van der Waals surface area contributed by atoms with E-state index >= 15 is 0 Å². The van der Waals surface area contributed by atoms with Crippen molar-refractivity contribution >= 4 is 6.03 Å². The zero-order chi connectivity index (χ0) is 14.4. The molecular formula is C16H22N4O. The summed E-state index contributed by atoms with van der Waals surface area (Å²) >= 11 is 0. The average molecular weight is 286 g/mol. The molecule has 21 heavy (non-hydrogen) atoms. The molecule has 2 fully saturated rings. The molecule has 3 heterocycles. The van der Waals surface area contributed by atoms with Crippen molar-refractivity contribution in [1.29, 1.82) is 0 Å². The summed E-state index contributed by atoms with van der Waals surface area (Å²) in [6, 6.07) is 1.01. The largest absolute Gasteiger partial charge is 0.335 e. The summed E-state index contributed by atoms with van der Waals surface area (Å²) in [5.74, 6) is 0.831. The van der Waals surface area contributed by atoms with Crippen LogP contribution in [0.2, 0.25) is 0 Å². The van der Waals surface area contributed by atoms with Crippen LogP contribution in [0.5, 0.6) is 0 Å². The van der Waals surface area contributed by atoms with Gasteiger partial charge in [-0.2, -0.15) is 0 Å². The third-order valence-electron chi connectivity index (χ3n) is 5.23. The summed E-state index contributed by atoms with van der Waals surface area (Å²) in [5.41, 5.74) is 2.32. The fourth-order valence-corrected chi connectivity index (χ4v) is 4.21. The highest BCUT2D eigenvalue weighted by Gasteiger charge is 2.43. The minimum atomic E-state index is 0.126. The van der Waals surface area contributed by atoms with E-state index in [9.17, 15) is 4.79 Å². The van der Waals surface area contributed by atoms with Gasteiger partial charge in [0.1, 0.15) is 5.82 Å². The minimum Gasteiger partial charge on any atom is -0.335 e. The van der Waals surface area contributed by atoms with E-state index in [2.05, 4.69) is 20.2 Å². The molecule has 2 aliphatic heterocycles. The van der Waals surface area contributed by atoms with Crippen LogP contribution in [0, 0.1) is 6.92 Å². The number of nitrogens with zero attached hydrogens (tertiary/aromatic N) is 3. The Hall–Kier alpha value is -1.65. The highest BCUT2D eigenvalue weighted by atomic mass is 16.2. The molecule has 1 N–H and O–H groups in total. The first-order valence-electron chi connectivity index (χ1n) is 8.13. The third-order valence-corrected chi connectivity index (χ3v) is 5.23. The van der Waals surface area contributed by atoms with E-state index in [-0.39, 0.29) is 12.1 Å². The van der Waals surface area contributed by atoms with Crippen molar-refractivity contribution in [2.45, 2.75) is 70.0 Å². The van der Waals surface area contributed by atoms with Crippen molar-refractivity contribution in [3.8, 4) is 0 Å². The molecule has 1 saturated heterocycles. The molecule has 1 saturated carbocycles. The monoisotopic (exact) mass is 286 g/mol. The fourth-order valence-electron chi connectivity index (χ4n) is 4.21. The topological polar surface area (TPSA) is 58.1 Å². The SMILES string of the molecule is Cc1ncc2c(n1)CC1CCC2N1C(=O)NC1CCCC1. The molecule has 0 radical (unpaired) electrons. The molecule has 2 bridgehead atoms. The first kappa shape index (κ1) is 13.0. The van der Waals surface area contributed by atoms with E-state index in [1.165, 1.54) is 12.8 Å². The summed E-state index contributed by atoms with van der Waals surface area (Å²) in [6.45, 7) is 1.93. The lowest BCUT2D eigenvalue weighted by atomic mass is 9.99. The Balaban J connectivity index is 1.57. The Labute approximate surface area is 125 Å². The molecule has 1 aliphatic carbocycles. The average Bonchev–Trinajstić information content (AvgIpc) is 3.06. The number of aryl methyl sites for hydroxylation is 1. The van der Waals surface area contributed by atoms with Gasteiger partial charge in [-0.15, -0.1) is 0 Å². The summed E-state index contributed by atoms with van der Waals surface area (Å²) in [7, 11) is 0. The fraction of sp³-hybridized carbons (Fsp3) is 0.688. The maximum atomic E-state index is 12.7. The Morgan fingerprint density at radius 1 is 1.29 bits per heavy atom. The van der Waals surface area contributed by atoms with Crippen LogP contribution in [-0.2, 0) is 6.42 Å². The molecule has 0 spiro atoms. The quantitative estimate of drug-likeness (QED) is 0.863. The number of urea groups is 1. The van der Waals surface area contributed by atoms with Crippen LogP contribution in [0.1, 0.15) is 61.6 Å². The zero-order valence-electron chi connectivity index (χ0n) is 12.5. The van der Waals surface area contributed by atoms with Gasteiger partial charge in [0.25, 0.3) is 0 Å². The Bertz CT molecular complexity index is 567. The van der Waals surface area contributed by atoms with Gasteiger partial charge in [-0.05, 0) is 32.6 Å². The molecule has 4 rings (SSSR count). The second-order valence-electron chi connectivity index (χ2n) is 6.61. The van der Waals surface area contributed by atoms with Gasteiger partial charge in [0, 0.05) is 30.3 Å². The van der Waals surface area contributed by atoms with Crippen molar-refractivity contribution in [1.82, 2.24) is 20.2 Å². The number of hydrogen-bond acceptors (Lipinski definition) is 3. The standard InChI is InChI=1S/C16H22N4O/c1-10-17-9-13-14(18-10)8-12-6-7-15(13)20(12)16(21)19-11-4-2-3-5-11/h9,11-12,15H,2-8H2,1H3,(H,19,21). The highest BCUT2D eigenvalue weighted by molar-refractivity contribution is 5.76. The van der Waals surface area contributed by atoms with Gasteiger partial charge in [-0.25, -0.2) is 14.8 Å². The molecule has 0 aromatic carbocycles. The number of carbonyl (C=O) groups excluding carboxylic acids is 1. The Morgan fingerprint density at radius 2 is 2.10 bits per heavy atom. The Morgan fingerprint density at radius 3 is 2.90 bits per heavy atom. The molecule has 1 aromatic rings. The number of amides is 2. The van der Waals surface area contributed by atoms with Gasteiger partial charge < -0.3 is 10.2 Å². The predicted molar refractivity (Wildman–Crippen MR) is 78.9 cm³/mol. The Kier molecular flexibility index (Phi) is 3.08. The van der Waals surface area contributed by atoms with Gasteiger partial charge in [0.05, 0.1) is 11.7 Å². The van der Waals surface area contributed by atoms with E-state index in [1.54, 1.807) is 0 Å². The number of hydrogen-bond donors (Lipinski definition) is 1. The van der Waals surface area contributed by atoms with E-state index < -0.39 is 0 Å². The van der Waals surface area contributed by atoms with Crippen LogP contribution in [-0.4, -0.2) is 33.0 Å².